The number of halogens is 2. The van der Waals surface area contributed by atoms with Crippen molar-refractivity contribution in [2.45, 2.75) is 13.3 Å². The smallest absolute Gasteiger partial charge is 0.123 e. The van der Waals surface area contributed by atoms with Crippen LogP contribution in [-0.2, 0) is 0 Å². The predicted octanol–water partition coefficient (Wildman–Crippen LogP) is 5.25. The Bertz CT molecular complexity index is 860. The minimum Gasteiger partial charge on any atom is -0.277 e. The molecule has 0 unspecified atom stereocenters. The molecule has 2 aromatic carbocycles. The summed E-state index contributed by atoms with van der Waals surface area (Å²) in [4.78, 5) is 4.30. The van der Waals surface area contributed by atoms with Gasteiger partial charge in [-0.1, -0.05) is 30.7 Å². The molecule has 0 aliphatic carbocycles. The molecule has 0 radical (unpaired) electrons. The third kappa shape index (κ3) is 3.48. The molecular weight excluding hydrogens is 313 g/mol. The summed E-state index contributed by atoms with van der Waals surface area (Å²) in [5.74, 6) is -0.255. The largest absolute Gasteiger partial charge is 0.277 e. The van der Waals surface area contributed by atoms with Crippen LogP contribution in [0.1, 0.15) is 18.9 Å². The van der Waals surface area contributed by atoms with Crippen LogP contribution in [0.5, 0.6) is 0 Å². The minimum absolute atomic E-state index is 0.255. The molecule has 3 nitrogen and oxygen atoms in total. The van der Waals surface area contributed by atoms with Gasteiger partial charge in [0, 0.05) is 16.6 Å². The monoisotopic (exact) mass is 327 g/mol. The van der Waals surface area contributed by atoms with Gasteiger partial charge < -0.3 is 0 Å². The van der Waals surface area contributed by atoms with E-state index in [-0.39, 0.29) is 5.82 Å². The SMILES string of the molecule is CC/C(=N/Nc1ccnc2cc(Cl)ccc12)c1ccc(F)cc1. The maximum absolute atomic E-state index is 13.0. The highest BCUT2D eigenvalue weighted by Crippen LogP contribution is 2.24. The highest BCUT2D eigenvalue weighted by molar-refractivity contribution is 6.31. The van der Waals surface area contributed by atoms with Gasteiger partial charge in [-0.3, -0.25) is 10.4 Å². The summed E-state index contributed by atoms with van der Waals surface area (Å²) in [5.41, 5.74) is 6.47. The fourth-order valence-corrected chi connectivity index (χ4v) is 2.50. The summed E-state index contributed by atoms with van der Waals surface area (Å²) in [5, 5.41) is 6.05. The number of aromatic nitrogens is 1. The zero-order valence-corrected chi connectivity index (χ0v) is 13.3. The maximum atomic E-state index is 13.0. The molecule has 3 rings (SSSR count). The van der Waals surface area contributed by atoms with Gasteiger partial charge in [0.2, 0.25) is 0 Å². The van der Waals surface area contributed by atoms with Crippen molar-refractivity contribution in [2.24, 2.45) is 5.10 Å². The topological polar surface area (TPSA) is 37.3 Å². The number of rotatable bonds is 4. The number of nitrogens with one attached hydrogen (secondary N) is 1. The van der Waals surface area contributed by atoms with Gasteiger partial charge in [-0.15, -0.1) is 0 Å². The summed E-state index contributed by atoms with van der Waals surface area (Å²) in [6.45, 7) is 2.01. The van der Waals surface area contributed by atoms with Crippen LogP contribution in [0.2, 0.25) is 5.02 Å². The summed E-state index contributed by atoms with van der Waals surface area (Å²) in [7, 11) is 0. The second kappa shape index (κ2) is 6.75. The first-order chi connectivity index (χ1) is 11.2. The average molecular weight is 328 g/mol. The second-order valence-corrected chi connectivity index (χ2v) is 5.49. The lowest BCUT2D eigenvalue weighted by Crippen LogP contribution is -2.03. The maximum Gasteiger partial charge on any atom is 0.123 e. The van der Waals surface area contributed by atoms with Crippen molar-refractivity contribution in [3.8, 4) is 0 Å². The van der Waals surface area contributed by atoms with E-state index in [1.807, 2.05) is 31.2 Å². The molecule has 0 aliphatic heterocycles. The molecule has 5 heteroatoms. The fraction of sp³-hybridized carbons (Fsp3) is 0.111. The number of hydrazone groups is 1. The molecule has 0 fully saturated rings. The van der Waals surface area contributed by atoms with Gasteiger partial charge >= 0.3 is 0 Å². The number of fused-ring (bicyclic) bond motifs is 1. The zero-order valence-electron chi connectivity index (χ0n) is 12.6. The molecule has 0 spiro atoms. The predicted molar refractivity (Wildman–Crippen MR) is 93.6 cm³/mol. The van der Waals surface area contributed by atoms with Gasteiger partial charge in [0.1, 0.15) is 5.82 Å². The van der Waals surface area contributed by atoms with Gasteiger partial charge in [0.15, 0.2) is 0 Å². The summed E-state index contributed by atoms with van der Waals surface area (Å²) in [6.07, 6.45) is 2.44. The van der Waals surface area contributed by atoms with Crippen molar-refractivity contribution >= 4 is 33.9 Å². The average Bonchev–Trinajstić information content (AvgIpc) is 2.56. The van der Waals surface area contributed by atoms with Crippen molar-refractivity contribution in [3.63, 3.8) is 0 Å². The van der Waals surface area contributed by atoms with Crippen LogP contribution in [0.15, 0.2) is 59.8 Å². The number of pyridine rings is 1. The number of benzene rings is 2. The van der Waals surface area contributed by atoms with Crippen molar-refractivity contribution in [3.05, 3.63) is 71.1 Å². The van der Waals surface area contributed by atoms with Crippen LogP contribution in [-0.4, -0.2) is 10.7 Å². The van der Waals surface area contributed by atoms with Crippen LogP contribution >= 0.6 is 11.6 Å². The highest BCUT2D eigenvalue weighted by Gasteiger charge is 2.04. The highest BCUT2D eigenvalue weighted by atomic mass is 35.5. The molecule has 116 valence electrons. The Kier molecular flexibility index (Phi) is 4.53. The summed E-state index contributed by atoms with van der Waals surface area (Å²) >= 11 is 6.00. The lowest BCUT2D eigenvalue weighted by Gasteiger charge is -2.08. The molecule has 0 aliphatic rings. The molecule has 0 saturated heterocycles. The Labute approximate surface area is 138 Å². The third-order valence-corrected chi connectivity index (χ3v) is 3.76. The van der Waals surface area contributed by atoms with Crippen LogP contribution in [0.4, 0.5) is 10.1 Å². The van der Waals surface area contributed by atoms with Gasteiger partial charge in [0.05, 0.1) is 16.9 Å². The number of hydrogen-bond donors (Lipinski definition) is 1. The molecule has 1 N–H and O–H groups in total. The third-order valence-electron chi connectivity index (χ3n) is 3.53. The Morgan fingerprint density at radius 3 is 2.70 bits per heavy atom. The molecule has 0 saturated carbocycles. The van der Waals surface area contributed by atoms with E-state index in [4.69, 9.17) is 11.6 Å². The van der Waals surface area contributed by atoms with Gasteiger partial charge in [0.25, 0.3) is 0 Å². The van der Waals surface area contributed by atoms with Crippen LogP contribution in [0.3, 0.4) is 0 Å². The fourth-order valence-electron chi connectivity index (χ4n) is 2.34. The number of hydrogen-bond acceptors (Lipinski definition) is 3. The first-order valence-electron chi connectivity index (χ1n) is 7.30. The zero-order chi connectivity index (χ0) is 16.2. The first-order valence-corrected chi connectivity index (χ1v) is 7.68. The quantitative estimate of drug-likeness (QED) is 0.524. The molecule has 0 amide bonds. The van der Waals surface area contributed by atoms with Gasteiger partial charge in [-0.2, -0.15) is 5.10 Å². The molecular formula is C18H15ClFN3. The van der Waals surface area contributed by atoms with E-state index in [0.29, 0.717) is 5.02 Å². The van der Waals surface area contributed by atoms with E-state index in [1.165, 1.54) is 12.1 Å². The van der Waals surface area contributed by atoms with Crippen LogP contribution in [0, 0.1) is 5.82 Å². The molecule has 1 aromatic heterocycles. The minimum atomic E-state index is -0.255. The van der Waals surface area contributed by atoms with Crippen LogP contribution < -0.4 is 5.43 Å². The number of anilines is 1. The van der Waals surface area contributed by atoms with E-state index in [0.717, 1.165) is 34.3 Å². The number of nitrogens with zero attached hydrogens (tertiary/aromatic N) is 2. The lowest BCUT2D eigenvalue weighted by molar-refractivity contribution is 0.627. The normalized spacial score (nSPS) is 11.7. The molecule has 1 heterocycles. The molecule has 23 heavy (non-hydrogen) atoms. The van der Waals surface area contributed by atoms with Crippen molar-refractivity contribution in [1.82, 2.24) is 4.98 Å². The van der Waals surface area contributed by atoms with E-state index in [1.54, 1.807) is 18.3 Å². The van der Waals surface area contributed by atoms with Crippen LogP contribution in [0.25, 0.3) is 10.9 Å². The molecule has 3 aromatic rings. The second-order valence-electron chi connectivity index (χ2n) is 5.05. The Hall–Kier alpha value is -2.46. The summed E-state index contributed by atoms with van der Waals surface area (Å²) in [6, 6.07) is 13.7. The summed E-state index contributed by atoms with van der Waals surface area (Å²) < 4.78 is 13.0. The van der Waals surface area contributed by atoms with E-state index >= 15 is 0 Å². The lowest BCUT2D eigenvalue weighted by atomic mass is 10.1. The van der Waals surface area contributed by atoms with E-state index in [2.05, 4.69) is 15.5 Å². The van der Waals surface area contributed by atoms with Crippen molar-refractivity contribution in [1.29, 1.82) is 0 Å². The first kappa shape index (κ1) is 15.4. The Balaban J connectivity index is 1.93. The standard InChI is InChI=1S/C18H15ClFN3/c1-2-16(12-3-6-14(20)7-4-12)22-23-17-9-10-21-18-11-13(19)5-8-15(17)18/h3-11H,2H2,1H3,(H,21,23)/b22-16-. The Morgan fingerprint density at radius 2 is 1.96 bits per heavy atom. The molecule has 0 bridgehead atoms. The van der Waals surface area contributed by atoms with Gasteiger partial charge in [-0.05, 0) is 48.4 Å². The van der Waals surface area contributed by atoms with Crippen molar-refractivity contribution < 1.29 is 4.39 Å². The molecule has 0 atom stereocenters. The van der Waals surface area contributed by atoms with E-state index in [9.17, 15) is 4.39 Å². The van der Waals surface area contributed by atoms with Gasteiger partial charge in [-0.25, -0.2) is 4.39 Å². The Morgan fingerprint density at radius 1 is 1.17 bits per heavy atom. The van der Waals surface area contributed by atoms with E-state index < -0.39 is 0 Å². The van der Waals surface area contributed by atoms with Crippen molar-refractivity contribution in [2.75, 3.05) is 5.43 Å².